The van der Waals surface area contributed by atoms with Crippen LogP contribution in [0.5, 0.6) is 0 Å². The van der Waals surface area contributed by atoms with Gasteiger partial charge in [-0.05, 0) is 48.4 Å². The highest BCUT2D eigenvalue weighted by molar-refractivity contribution is 5.81. The number of carbonyl (C=O) groups is 2. The summed E-state index contributed by atoms with van der Waals surface area (Å²) in [5, 5.41) is 9.96. The Morgan fingerprint density at radius 3 is 2.06 bits per heavy atom. The van der Waals surface area contributed by atoms with Crippen LogP contribution in [0.2, 0.25) is 0 Å². The summed E-state index contributed by atoms with van der Waals surface area (Å²) in [5.41, 5.74) is 4.64. The molecular weight excluding hydrogens is 402 g/mol. The van der Waals surface area contributed by atoms with E-state index in [0.29, 0.717) is 12.3 Å². The highest BCUT2D eigenvalue weighted by Crippen LogP contribution is 2.44. The molecule has 1 amide bonds. The Morgan fingerprint density at radius 2 is 1.53 bits per heavy atom. The van der Waals surface area contributed by atoms with Crippen LogP contribution in [-0.2, 0) is 9.53 Å². The van der Waals surface area contributed by atoms with E-state index in [1.54, 1.807) is 0 Å². The first kappa shape index (κ1) is 22.4. The fourth-order valence-electron chi connectivity index (χ4n) is 5.44. The topological polar surface area (TPSA) is 66.8 Å². The Balaban J connectivity index is 1.50. The Bertz CT molecular complexity index is 918. The van der Waals surface area contributed by atoms with Crippen molar-refractivity contribution >= 4 is 12.1 Å². The van der Waals surface area contributed by atoms with Crippen LogP contribution in [0.1, 0.15) is 69.4 Å². The van der Waals surface area contributed by atoms with Crippen LogP contribution in [0.3, 0.4) is 0 Å². The van der Waals surface area contributed by atoms with E-state index in [2.05, 4.69) is 24.3 Å². The van der Waals surface area contributed by atoms with Crippen molar-refractivity contribution in [2.45, 2.75) is 70.4 Å². The van der Waals surface area contributed by atoms with Crippen LogP contribution in [0.4, 0.5) is 4.79 Å². The van der Waals surface area contributed by atoms with Gasteiger partial charge in [0.15, 0.2) is 0 Å². The number of benzene rings is 2. The van der Waals surface area contributed by atoms with Crippen molar-refractivity contribution in [1.29, 1.82) is 0 Å². The first-order chi connectivity index (χ1) is 15.5. The third kappa shape index (κ3) is 4.52. The number of aliphatic carboxylic acids is 1. The molecule has 2 aliphatic rings. The van der Waals surface area contributed by atoms with E-state index in [9.17, 15) is 14.7 Å². The number of nitrogens with zero attached hydrogens (tertiary/aromatic N) is 1. The van der Waals surface area contributed by atoms with Crippen LogP contribution in [0.25, 0.3) is 11.1 Å². The normalized spacial score (nSPS) is 17.0. The molecule has 0 heterocycles. The smallest absolute Gasteiger partial charge is 0.410 e. The van der Waals surface area contributed by atoms with Crippen LogP contribution < -0.4 is 0 Å². The Hall–Kier alpha value is -2.82. The van der Waals surface area contributed by atoms with Crippen molar-refractivity contribution in [3.05, 3.63) is 59.7 Å². The number of amides is 1. The molecule has 1 unspecified atom stereocenters. The number of carboxylic acids is 1. The van der Waals surface area contributed by atoms with Gasteiger partial charge >= 0.3 is 12.1 Å². The van der Waals surface area contributed by atoms with Gasteiger partial charge in [-0.25, -0.2) is 9.59 Å². The minimum absolute atomic E-state index is 0.0398. The maximum absolute atomic E-state index is 13.2. The summed E-state index contributed by atoms with van der Waals surface area (Å²) in [6.07, 6.45) is 5.55. The van der Waals surface area contributed by atoms with Crippen molar-refractivity contribution in [3.8, 4) is 11.1 Å². The summed E-state index contributed by atoms with van der Waals surface area (Å²) < 4.78 is 5.81. The number of rotatable bonds is 7. The van der Waals surface area contributed by atoms with Gasteiger partial charge in [-0.2, -0.15) is 0 Å². The second-order valence-electron chi connectivity index (χ2n) is 9.40. The van der Waals surface area contributed by atoms with Crippen molar-refractivity contribution < 1.29 is 19.4 Å². The molecule has 1 fully saturated rings. The summed E-state index contributed by atoms with van der Waals surface area (Å²) in [6.45, 7) is 3.92. The SMILES string of the molecule is CC(C)N(C(=O)OCC1c2ccccc2-c2ccccc21)C(CC1CCCCC1)C(=O)O. The highest BCUT2D eigenvalue weighted by Gasteiger charge is 2.36. The third-order valence-electron chi connectivity index (χ3n) is 7.01. The standard InChI is InChI=1S/C27H33NO4/c1-18(2)28(25(26(29)30)16-19-10-4-3-5-11-19)27(31)32-17-24-22-14-8-6-12-20(22)21-13-7-9-15-23(21)24/h6-9,12-15,18-19,24-25H,3-5,10-11,16-17H2,1-2H3,(H,29,30). The largest absolute Gasteiger partial charge is 0.480 e. The quantitative estimate of drug-likeness (QED) is 0.573. The third-order valence-corrected chi connectivity index (χ3v) is 7.01. The van der Waals surface area contributed by atoms with Crippen molar-refractivity contribution in [2.24, 2.45) is 5.92 Å². The number of fused-ring (bicyclic) bond motifs is 3. The van der Waals surface area contributed by atoms with Gasteiger partial charge in [-0.1, -0.05) is 80.6 Å². The van der Waals surface area contributed by atoms with Gasteiger partial charge in [0, 0.05) is 12.0 Å². The van der Waals surface area contributed by atoms with Gasteiger partial charge in [0.2, 0.25) is 0 Å². The summed E-state index contributed by atoms with van der Waals surface area (Å²) in [4.78, 5) is 26.8. The lowest BCUT2D eigenvalue weighted by molar-refractivity contribution is -0.144. The second kappa shape index (κ2) is 9.76. The first-order valence-electron chi connectivity index (χ1n) is 11.8. The molecule has 0 radical (unpaired) electrons. The fourth-order valence-corrected chi connectivity index (χ4v) is 5.44. The average Bonchev–Trinajstić information content (AvgIpc) is 3.11. The Morgan fingerprint density at radius 1 is 0.969 bits per heavy atom. The number of hydrogen-bond acceptors (Lipinski definition) is 3. The molecule has 2 aromatic rings. The van der Waals surface area contributed by atoms with Gasteiger partial charge in [-0.3, -0.25) is 4.90 Å². The maximum atomic E-state index is 13.2. The maximum Gasteiger partial charge on any atom is 0.410 e. The van der Waals surface area contributed by atoms with Crippen molar-refractivity contribution in [2.75, 3.05) is 6.61 Å². The van der Waals surface area contributed by atoms with Crippen LogP contribution in [0, 0.1) is 5.92 Å². The van der Waals surface area contributed by atoms with Crippen LogP contribution >= 0.6 is 0 Å². The van der Waals surface area contributed by atoms with Gasteiger partial charge in [0.1, 0.15) is 12.6 Å². The molecule has 5 heteroatoms. The van der Waals surface area contributed by atoms with Gasteiger partial charge in [0.25, 0.3) is 0 Å². The van der Waals surface area contributed by atoms with Gasteiger partial charge < -0.3 is 9.84 Å². The predicted octanol–water partition coefficient (Wildman–Crippen LogP) is 6.07. The number of ether oxygens (including phenoxy) is 1. The zero-order valence-electron chi connectivity index (χ0n) is 19.0. The zero-order chi connectivity index (χ0) is 22.7. The summed E-state index contributed by atoms with van der Waals surface area (Å²) >= 11 is 0. The molecule has 1 N–H and O–H groups in total. The Kier molecular flexibility index (Phi) is 6.83. The highest BCUT2D eigenvalue weighted by atomic mass is 16.6. The molecular formula is C27H33NO4. The molecule has 2 aromatic carbocycles. The predicted molar refractivity (Wildman–Crippen MR) is 125 cm³/mol. The lowest BCUT2D eigenvalue weighted by atomic mass is 9.84. The fraction of sp³-hybridized carbons (Fsp3) is 0.481. The zero-order valence-corrected chi connectivity index (χ0v) is 19.0. The van der Waals surface area contributed by atoms with E-state index in [-0.39, 0.29) is 18.6 Å². The minimum Gasteiger partial charge on any atom is -0.480 e. The van der Waals surface area contributed by atoms with E-state index in [0.717, 1.165) is 36.8 Å². The second-order valence-corrected chi connectivity index (χ2v) is 9.40. The number of carboxylic acid groups (broad SMARTS) is 1. The summed E-state index contributed by atoms with van der Waals surface area (Å²) in [5.74, 6) is -0.632. The first-order valence-corrected chi connectivity index (χ1v) is 11.8. The molecule has 0 aliphatic heterocycles. The molecule has 170 valence electrons. The molecule has 0 saturated heterocycles. The van der Waals surface area contributed by atoms with Crippen LogP contribution in [0.15, 0.2) is 48.5 Å². The van der Waals surface area contributed by atoms with E-state index < -0.39 is 18.1 Å². The average molecular weight is 436 g/mol. The van der Waals surface area contributed by atoms with E-state index in [1.165, 1.54) is 22.4 Å². The van der Waals surface area contributed by atoms with E-state index in [4.69, 9.17) is 4.74 Å². The van der Waals surface area contributed by atoms with Crippen molar-refractivity contribution in [1.82, 2.24) is 4.90 Å². The molecule has 0 bridgehead atoms. The molecule has 32 heavy (non-hydrogen) atoms. The monoisotopic (exact) mass is 435 g/mol. The van der Waals surface area contributed by atoms with E-state index in [1.807, 2.05) is 38.1 Å². The minimum atomic E-state index is -0.946. The molecule has 4 rings (SSSR count). The summed E-state index contributed by atoms with van der Waals surface area (Å²) in [7, 11) is 0. The lowest BCUT2D eigenvalue weighted by Gasteiger charge is -2.34. The van der Waals surface area contributed by atoms with Crippen molar-refractivity contribution in [3.63, 3.8) is 0 Å². The van der Waals surface area contributed by atoms with E-state index >= 15 is 0 Å². The summed E-state index contributed by atoms with van der Waals surface area (Å²) in [6, 6.07) is 15.3. The molecule has 0 aromatic heterocycles. The number of hydrogen-bond donors (Lipinski definition) is 1. The lowest BCUT2D eigenvalue weighted by Crippen LogP contribution is -2.50. The van der Waals surface area contributed by atoms with Gasteiger partial charge in [0.05, 0.1) is 0 Å². The molecule has 1 saturated carbocycles. The molecule has 5 nitrogen and oxygen atoms in total. The molecule has 1 atom stereocenters. The number of carbonyl (C=O) groups excluding carboxylic acids is 1. The van der Waals surface area contributed by atoms with Crippen LogP contribution in [-0.4, -0.2) is 40.8 Å². The van der Waals surface area contributed by atoms with Gasteiger partial charge in [-0.15, -0.1) is 0 Å². The molecule has 2 aliphatic carbocycles. The molecule has 0 spiro atoms. The Labute approximate surface area is 190 Å².